The fraction of sp³-hybridized carbons (Fsp3) is 0.692. The molecule has 0 aromatic carbocycles. The van der Waals surface area contributed by atoms with Crippen LogP contribution in [0, 0.1) is 0 Å². The Balaban J connectivity index is 2.06. The van der Waals surface area contributed by atoms with Crippen LogP contribution in [0.4, 0.5) is 19.0 Å². The summed E-state index contributed by atoms with van der Waals surface area (Å²) in [6.45, 7) is 2.46. The van der Waals surface area contributed by atoms with E-state index in [9.17, 15) is 13.2 Å². The van der Waals surface area contributed by atoms with Gasteiger partial charge in [-0.25, -0.2) is 4.98 Å². The highest BCUT2D eigenvalue weighted by Crippen LogP contribution is 2.33. The van der Waals surface area contributed by atoms with Crippen molar-refractivity contribution in [2.75, 3.05) is 18.0 Å². The second-order valence-electron chi connectivity index (χ2n) is 5.02. The molecule has 4 nitrogen and oxygen atoms in total. The lowest BCUT2D eigenvalue weighted by Gasteiger charge is -2.24. The van der Waals surface area contributed by atoms with Gasteiger partial charge in [-0.1, -0.05) is 6.92 Å². The third-order valence-electron chi connectivity index (χ3n) is 3.04. The van der Waals surface area contributed by atoms with Crippen LogP contribution in [-0.2, 0) is 6.54 Å². The lowest BCUT2D eigenvalue weighted by atomic mass is 10.4. The van der Waals surface area contributed by atoms with E-state index in [1.165, 1.54) is 11.1 Å². The Bertz CT molecular complexity index is 432. The second-order valence-corrected chi connectivity index (χ2v) is 5.02. The Morgan fingerprint density at radius 2 is 2.10 bits per heavy atom. The van der Waals surface area contributed by atoms with Gasteiger partial charge < -0.3 is 10.2 Å². The Morgan fingerprint density at radius 1 is 1.35 bits per heavy atom. The molecule has 0 amide bonds. The van der Waals surface area contributed by atoms with Crippen molar-refractivity contribution < 1.29 is 13.2 Å². The number of hydrogen-bond acceptors (Lipinski definition) is 4. The maximum Gasteiger partial charge on any atom is 0.405 e. The molecule has 0 bridgehead atoms. The molecule has 1 N–H and O–H groups in total. The van der Waals surface area contributed by atoms with Gasteiger partial charge in [-0.3, -0.25) is 4.98 Å². The van der Waals surface area contributed by atoms with E-state index in [-0.39, 0.29) is 6.04 Å². The fourth-order valence-electron chi connectivity index (χ4n) is 1.99. The van der Waals surface area contributed by atoms with Gasteiger partial charge in [-0.05, 0) is 25.8 Å². The van der Waals surface area contributed by atoms with Crippen LogP contribution in [0.2, 0.25) is 0 Å². The van der Waals surface area contributed by atoms with Gasteiger partial charge >= 0.3 is 6.18 Å². The lowest BCUT2D eigenvalue weighted by Crippen LogP contribution is -2.36. The zero-order chi connectivity index (χ0) is 14.6. The van der Waals surface area contributed by atoms with Crippen molar-refractivity contribution in [1.82, 2.24) is 15.3 Å². The minimum absolute atomic E-state index is 0.0511. The first-order chi connectivity index (χ1) is 9.49. The van der Waals surface area contributed by atoms with Crippen LogP contribution < -0.4 is 10.2 Å². The summed E-state index contributed by atoms with van der Waals surface area (Å²) < 4.78 is 37.9. The van der Waals surface area contributed by atoms with Gasteiger partial charge in [0, 0.05) is 18.8 Å². The smallest absolute Gasteiger partial charge is 0.343 e. The van der Waals surface area contributed by atoms with Crippen molar-refractivity contribution in [3.05, 3.63) is 18.1 Å². The maximum absolute atomic E-state index is 12.6. The molecule has 112 valence electrons. The maximum atomic E-state index is 12.6. The third kappa shape index (κ3) is 4.63. The van der Waals surface area contributed by atoms with Gasteiger partial charge in [0.15, 0.2) is 0 Å². The number of nitrogens with zero attached hydrogens (tertiary/aromatic N) is 3. The van der Waals surface area contributed by atoms with E-state index >= 15 is 0 Å². The van der Waals surface area contributed by atoms with E-state index < -0.39 is 12.7 Å². The number of alkyl halides is 3. The standard InChI is InChI=1S/C13H19F3N4/c1-2-5-17-6-10-7-18-8-12(19-10)20(11-3-4-11)9-13(14,15)16/h7-8,11,17H,2-6,9H2,1H3. The lowest BCUT2D eigenvalue weighted by molar-refractivity contribution is -0.120. The van der Waals surface area contributed by atoms with Crippen molar-refractivity contribution in [2.45, 2.75) is 44.9 Å². The highest BCUT2D eigenvalue weighted by atomic mass is 19.4. The summed E-state index contributed by atoms with van der Waals surface area (Å²) in [5.41, 5.74) is 0.670. The molecule has 1 saturated carbocycles. The molecule has 7 heteroatoms. The number of anilines is 1. The topological polar surface area (TPSA) is 41.1 Å². The van der Waals surface area contributed by atoms with Gasteiger partial charge in [0.2, 0.25) is 0 Å². The Labute approximate surface area is 116 Å². The van der Waals surface area contributed by atoms with Crippen molar-refractivity contribution in [2.24, 2.45) is 0 Å². The third-order valence-corrected chi connectivity index (χ3v) is 3.04. The molecule has 0 aliphatic heterocycles. The molecule has 0 spiro atoms. The Kier molecular flexibility index (Phi) is 4.80. The molecule has 1 aliphatic rings. The highest BCUT2D eigenvalue weighted by molar-refractivity contribution is 5.40. The molecular weight excluding hydrogens is 269 g/mol. The molecule has 0 unspecified atom stereocenters. The summed E-state index contributed by atoms with van der Waals surface area (Å²) in [5, 5.41) is 3.17. The predicted molar refractivity (Wildman–Crippen MR) is 70.5 cm³/mol. The quantitative estimate of drug-likeness (QED) is 0.783. The number of rotatable bonds is 7. The number of nitrogens with one attached hydrogen (secondary N) is 1. The van der Waals surface area contributed by atoms with E-state index in [0.29, 0.717) is 18.1 Å². The zero-order valence-corrected chi connectivity index (χ0v) is 11.5. The molecule has 0 saturated heterocycles. The van der Waals surface area contributed by atoms with Crippen LogP contribution in [0.3, 0.4) is 0 Å². The summed E-state index contributed by atoms with van der Waals surface area (Å²) >= 11 is 0. The van der Waals surface area contributed by atoms with E-state index in [0.717, 1.165) is 25.8 Å². The van der Waals surface area contributed by atoms with Gasteiger partial charge in [0.1, 0.15) is 12.4 Å². The second kappa shape index (κ2) is 6.39. The van der Waals surface area contributed by atoms with E-state index in [1.807, 2.05) is 6.92 Å². The average molecular weight is 288 g/mol. The summed E-state index contributed by atoms with van der Waals surface area (Å²) in [5.74, 6) is 0.320. The van der Waals surface area contributed by atoms with Crippen LogP contribution in [0.1, 0.15) is 31.9 Å². The molecule has 2 rings (SSSR count). The SMILES string of the molecule is CCCNCc1cncc(N(CC(F)(F)F)C2CC2)n1. The monoisotopic (exact) mass is 288 g/mol. The minimum Gasteiger partial charge on any atom is -0.343 e. The van der Waals surface area contributed by atoms with Crippen LogP contribution in [-0.4, -0.2) is 35.3 Å². The van der Waals surface area contributed by atoms with Crippen LogP contribution in [0.5, 0.6) is 0 Å². The van der Waals surface area contributed by atoms with E-state index in [1.54, 1.807) is 6.20 Å². The van der Waals surface area contributed by atoms with Crippen molar-refractivity contribution >= 4 is 5.82 Å². The summed E-state index contributed by atoms with van der Waals surface area (Å²) in [7, 11) is 0. The first-order valence-corrected chi connectivity index (χ1v) is 6.84. The average Bonchev–Trinajstić information content (AvgIpc) is 3.20. The minimum atomic E-state index is -4.22. The van der Waals surface area contributed by atoms with Crippen LogP contribution >= 0.6 is 0 Å². The molecule has 20 heavy (non-hydrogen) atoms. The van der Waals surface area contributed by atoms with Crippen molar-refractivity contribution in [1.29, 1.82) is 0 Å². The summed E-state index contributed by atoms with van der Waals surface area (Å²) in [6.07, 6.45) is 1.35. The number of hydrogen-bond donors (Lipinski definition) is 1. The molecule has 1 aromatic rings. The summed E-state index contributed by atoms with van der Waals surface area (Å²) in [4.78, 5) is 9.62. The zero-order valence-electron chi connectivity index (χ0n) is 11.5. The molecule has 0 radical (unpaired) electrons. The van der Waals surface area contributed by atoms with Crippen molar-refractivity contribution in [3.8, 4) is 0 Å². The first-order valence-electron chi connectivity index (χ1n) is 6.84. The molecule has 1 fully saturated rings. The van der Waals surface area contributed by atoms with E-state index in [2.05, 4.69) is 15.3 Å². The first kappa shape index (κ1) is 15.0. The largest absolute Gasteiger partial charge is 0.405 e. The highest BCUT2D eigenvalue weighted by Gasteiger charge is 2.38. The molecule has 0 atom stereocenters. The number of aromatic nitrogens is 2. The van der Waals surface area contributed by atoms with Crippen LogP contribution in [0.15, 0.2) is 12.4 Å². The predicted octanol–water partition coefficient (Wildman–Crippen LogP) is 2.51. The molecular formula is C13H19F3N4. The van der Waals surface area contributed by atoms with Crippen molar-refractivity contribution in [3.63, 3.8) is 0 Å². The Hall–Kier alpha value is -1.37. The number of halogens is 3. The van der Waals surface area contributed by atoms with Gasteiger partial charge in [0.05, 0.1) is 11.9 Å². The molecule has 1 aromatic heterocycles. The van der Waals surface area contributed by atoms with Gasteiger partial charge in [-0.2, -0.15) is 13.2 Å². The molecule has 1 aliphatic carbocycles. The molecule has 1 heterocycles. The Morgan fingerprint density at radius 3 is 2.70 bits per heavy atom. The summed E-state index contributed by atoms with van der Waals surface area (Å²) in [6, 6.07) is -0.0511. The van der Waals surface area contributed by atoms with Gasteiger partial charge in [-0.15, -0.1) is 0 Å². The van der Waals surface area contributed by atoms with Crippen LogP contribution in [0.25, 0.3) is 0 Å². The normalized spacial score (nSPS) is 15.4. The van der Waals surface area contributed by atoms with E-state index in [4.69, 9.17) is 0 Å². The van der Waals surface area contributed by atoms with Gasteiger partial charge in [0.25, 0.3) is 0 Å². The fourth-order valence-corrected chi connectivity index (χ4v) is 1.99.